The summed E-state index contributed by atoms with van der Waals surface area (Å²) in [6, 6.07) is 3.18. The van der Waals surface area contributed by atoms with E-state index in [0.29, 0.717) is 25.5 Å². The van der Waals surface area contributed by atoms with Crippen LogP contribution in [-0.4, -0.2) is 62.2 Å². The number of esters is 2. The van der Waals surface area contributed by atoms with E-state index in [1.54, 1.807) is 6.07 Å². The van der Waals surface area contributed by atoms with Crippen LogP contribution >= 0.6 is 0 Å². The molecule has 1 saturated heterocycles. The van der Waals surface area contributed by atoms with E-state index in [1.165, 1.54) is 20.3 Å². The Labute approximate surface area is 115 Å². The van der Waals surface area contributed by atoms with Gasteiger partial charge in [0.2, 0.25) is 0 Å². The predicted molar refractivity (Wildman–Crippen MR) is 67.3 cm³/mol. The lowest BCUT2D eigenvalue weighted by Gasteiger charge is -2.31. The molecule has 0 spiro atoms. The number of hydrogen-bond donors (Lipinski definition) is 0. The summed E-state index contributed by atoms with van der Waals surface area (Å²) in [5.74, 6) is -0.401. The van der Waals surface area contributed by atoms with Crippen molar-refractivity contribution in [1.82, 2.24) is 10.2 Å². The number of carbonyl (C=O) groups is 2. The van der Waals surface area contributed by atoms with Gasteiger partial charge in [0.15, 0.2) is 17.6 Å². The van der Waals surface area contributed by atoms with E-state index in [9.17, 15) is 9.59 Å². The van der Waals surface area contributed by atoms with Crippen molar-refractivity contribution in [3.05, 3.63) is 17.8 Å². The topological polar surface area (TPSA) is 90.8 Å². The van der Waals surface area contributed by atoms with Gasteiger partial charge in [-0.3, -0.25) is 0 Å². The maximum absolute atomic E-state index is 11.5. The van der Waals surface area contributed by atoms with Crippen LogP contribution in [0.25, 0.3) is 0 Å². The molecule has 1 aliphatic rings. The number of ether oxygens (including phenoxy) is 3. The van der Waals surface area contributed by atoms with Gasteiger partial charge in [-0.2, -0.15) is 0 Å². The average molecular weight is 281 g/mol. The van der Waals surface area contributed by atoms with Gasteiger partial charge in [0, 0.05) is 6.54 Å². The molecular weight excluding hydrogens is 266 g/mol. The van der Waals surface area contributed by atoms with Gasteiger partial charge in [0.05, 0.1) is 27.4 Å². The monoisotopic (exact) mass is 281 g/mol. The van der Waals surface area contributed by atoms with Crippen molar-refractivity contribution >= 4 is 17.8 Å². The Balaban J connectivity index is 2.07. The highest BCUT2D eigenvalue weighted by molar-refractivity contribution is 5.87. The van der Waals surface area contributed by atoms with Crippen molar-refractivity contribution in [3.63, 3.8) is 0 Å². The molecule has 2 rings (SSSR count). The molecule has 108 valence electrons. The van der Waals surface area contributed by atoms with E-state index in [4.69, 9.17) is 4.74 Å². The molecule has 0 bridgehead atoms. The van der Waals surface area contributed by atoms with Crippen LogP contribution in [0.2, 0.25) is 0 Å². The highest BCUT2D eigenvalue weighted by Crippen LogP contribution is 2.15. The number of aromatic nitrogens is 2. The molecular formula is C12H15N3O5. The second kappa shape index (κ2) is 6.29. The Morgan fingerprint density at radius 2 is 2.10 bits per heavy atom. The molecule has 1 aromatic rings. The van der Waals surface area contributed by atoms with Crippen LogP contribution in [0, 0.1) is 0 Å². The summed E-state index contributed by atoms with van der Waals surface area (Å²) in [6.45, 7) is 1.30. The van der Waals surface area contributed by atoms with Gasteiger partial charge in [0.25, 0.3) is 0 Å². The van der Waals surface area contributed by atoms with Crippen LogP contribution in [0.1, 0.15) is 10.5 Å². The SMILES string of the molecule is COC(=O)c1ccc(N2CCOC(C(=O)OC)C2)nn1. The number of carbonyl (C=O) groups excluding carboxylic acids is 2. The second-order valence-electron chi connectivity index (χ2n) is 4.10. The second-order valence-corrected chi connectivity index (χ2v) is 4.10. The molecule has 8 nitrogen and oxygen atoms in total. The molecule has 1 fully saturated rings. The maximum atomic E-state index is 11.5. The van der Waals surface area contributed by atoms with Gasteiger partial charge in [-0.1, -0.05) is 0 Å². The lowest BCUT2D eigenvalue weighted by Crippen LogP contribution is -2.47. The third-order valence-corrected chi connectivity index (χ3v) is 2.90. The number of methoxy groups -OCH3 is 2. The van der Waals surface area contributed by atoms with E-state index in [-0.39, 0.29) is 5.69 Å². The first-order valence-corrected chi connectivity index (χ1v) is 6.02. The molecule has 0 saturated carbocycles. The minimum Gasteiger partial charge on any atom is -0.467 e. The summed E-state index contributed by atoms with van der Waals surface area (Å²) < 4.78 is 14.5. The Morgan fingerprint density at radius 3 is 2.70 bits per heavy atom. The van der Waals surface area contributed by atoms with E-state index >= 15 is 0 Å². The molecule has 0 radical (unpaired) electrons. The van der Waals surface area contributed by atoms with E-state index in [0.717, 1.165) is 0 Å². The Morgan fingerprint density at radius 1 is 1.30 bits per heavy atom. The van der Waals surface area contributed by atoms with Crippen LogP contribution in [0.3, 0.4) is 0 Å². The van der Waals surface area contributed by atoms with E-state index < -0.39 is 18.0 Å². The lowest BCUT2D eigenvalue weighted by atomic mass is 10.2. The first kappa shape index (κ1) is 14.2. The Kier molecular flexibility index (Phi) is 4.46. The molecule has 0 aliphatic carbocycles. The minimum atomic E-state index is -0.643. The molecule has 0 aromatic carbocycles. The zero-order valence-corrected chi connectivity index (χ0v) is 11.2. The van der Waals surface area contributed by atoms with Crippen molar-refractivity contribution < 1.29 is 23.8 Å². The predicted octanol–water partition coefficient (Wildman–Crippen LogP) is -0.359. The molecule has 20 heavy (non-hydrogen) atoms. The fraction of sp³-hybridized carbons (Fsp3) is 0.500. The van der Waals surface area contributed by atoms with Crippen molar-refractivity contribution in [2.75, 3.05) is 38.8 Å². The maximum Gasteiger partial charge on any atom is 0.358 e. The molecule has 0 amide bonds. The molecule has 8 heteroatoms. The number of morpholine rings is 1. The molecule has 1 aromatic heterocycles. The van der Waals surface area contributed by atoms with Crippen LogP contribution in [-0.2, 0) is 19.0 Å². The van der Waals surface area contributed by atoms with Crippen LogP contribution in [0.4, 0.5) is 5.82 Å². The summed E-state index contributed by atoms with van der Waals surface area (Å²) in [4.78, 5) is 24.6. The van der Waals surface area contributed by atoms with Gasteiger partial charge < -0.3 is 19.1 Å². The smallest absolute Gasteiger partial charge is 0.358 e. The van der Waals surface area contributed by atoms with Gasteiger partial charge in [-0.05, 0) is 12.1 Å². The first-order chi connectivity index (χ1) is 9.65. The average Bonchev–Trinajstić information content (AvgIpc) is 2.53. The third-order valence-electron chi connectivity index (χ3n) is 2.90. The summed E-state index contributed by atoms with van der Waals surface area (Å²) >= 11 is 0. The zero-order chi connectivity index (χ0) is 14.5. The lowest BCUT2D eigenvalue weighted by molar-refractivity contribution is -0.154. The van der Waals surface area contributed by atoms with Crippen LogP contribution < -0.4 is 4.90 Å². The van der Waals surface area contributed by atoms with Crippen molar-refractivity contribution in [2.24, 2.45) is 0 Å². The molecule has 1 unspecified atom stereocenters. The summed E-state index contributed by atoms with van der Waals surface area (Å²) in [5.41, 5.74) is 0.133. The number of nitrogens with zero attached hydrogens (tertiary/aromatic N) is 3. The van der Waals surface area contributed by atoms with Crippen LogP contribution in [0.15, 0.2) is 12.1 Å². The highest BCUT2D eigenvalue weighted by Gasteiger charge is 2.28. The fourth-order valence-electron chi connectivity index (χ4n) is 1.84. The Bertz CT molecular complexity index is 490. The van der Waals surface area contributed by atoms with Gasteiger partial charge in [-0.15, -0.1) is 10.2 Å². The number of anilines is 1. The first-order valence-electron chi connectivity index (χ1n) is 6.02. The van der Waals surface area contributed by atoms with Crippen molar-refractivity contribution in [2.45, 2.75) is 6.10 Å². The largest absolute Gasteiger partial charge is 0.467 e. The van der Waals surface area contributed by atoms with Crippen LogP contribution in [0.5, 0.6) is 0 Å². The quantitative estimate of drug-likeness (QED) is 0.694. The minimum absolute atomic E-state index is 0.133. The van der Waals surface area contributed by atoms with Gasteiger partial charge in [-0.25, -0.2) is 9.59 Å². The summed E-state index contributed by atoms with van der Waals surface area (Å²) in [5, 5.41) is 7.75. The van der Waals surface area contributed by atoms with Crippen molar-refractivity contribution in [1.29, 1.82) is 0 Å². The zero-order valence-electron chi connectivity index (χ0n) is 11.2. The number of rotatable bonds is 3. The summed E-state index contributed by atoms with van der Waals surface area (Å²) in [7, 11) is 2.59. The highest BCUT2D eigenvalue weighted by atomic mass is 16.6. The van der Waals surface area contributed by atoms with Crippen molar-refractivity contribution in [3.8, 4) is 0 Å². The van der Waals surface area contributed by atoms with Gasteiger partial charge >= 0.3 is 11.9 Å². The van der Waals surface area contributed by atoms with E-state index in [2.05, 4.69) is 19.7 Å². The molecule has 1 aliphatic heterocycles. The normalized spacial score (nSPS) is 18.5. The van der Waals surface area contributed by atoms with E-state index in [1.807, 2.05) is 4.90 Å². The standard InChI is InChI=1S/C12H15N3O5/c1-18-11(16)8-3-4-10(14-13-8)15-5-6-20-9(7-15)12(17)19-2/h3-4,9H,5-7H2,1-2H3. The number of hydrogen-bond acceptors (Lipinski definition) is 8. The Hall–Kier alpha value is -2.22. The fourth-order valence-corrected chi connectivity index (χ4v) is 1.84. The third kappa shape index (κ3) is 3.02. The van der Waals surface area contributed by atoms with Gasteiger partial charge in [0.1, 0.15) is 0 Å². The molecule has 0 N–H and O–H groups in total. The summed E-state index contributed by atoms with van der Waals surface area (Å²) in [6.07, 6.45) is -0.643. The molecule has 2 heterocycles. The molecule has 1 atom stereocenters.